The van der Waals surface area contributed by atoms with Crippen LogP contribution in [-0.2, 0) is 5.41 Å². The van der Waals surface area contributed by atoms with Crippen LogP contribution in [0.3, 0.4) is 0 Å². The number of fused-ring (bicyclic) bond motifs is 1. The summed E-state index contributed by atoms with van der Waals surface area (Å²) in [5.74, 6) is 1.81. The molecule has 2 fully saturated rings. The number of likely N-dealkylation sites (N-methyl/N-ethyl adjacent to an activating group) is 1. The predicted molar refractivity (Wildman–Crippen MR) is 102 cm³/mol. The van der Waals surface area contributed by atoms with E-state index in [1.807, 2.05) is 0 Å². The molecule has 1 unspecified atom stereocenters. The first-order valence-corrected chi connectivity index (χ1v) is 9.96. The summed E-state index contributed by atoms with van der Waals surface area (Å²) in [5, 5.41) is 0. The van der Waals surface area contributed by atoms with E-state index in [9.17, 15) is 0 Å². The van der Waals surface area contributed by atoms with Gasteiger partial charge in [-0.15, -0.1) is 0 Å². The minimum atomic E-state index is 0.143. The van der Waals surface area contributed by atoms with Crippen LogP contribution < -0.4 is 9.47 Å². The van der Waals surface area contributed by atoms with Crippen LogP contribution in [0, 0.1) is 0 Å². The van der Waals surface area contributed by atoms with Crippen molar-refractivity contribution in [1.82, 2.24) is 4.90 Å². The highest BCUT2D eigenvalue weighted by Gasteiger charge is 2.46. The fraction of sp³-hybridized carbons (Fsp3) is 0.636. The average molecular weight is 341 g/mol. The van der Waals surface area contributed by atoms with Gasteiger partial charge in [-0.1, -0.05) is 24.6 Å². The molecule has 1 heterocycles. The lowest BCUT2D eigenvalue weighted by Gasteiger charge is -2.38. The fourth-order valence-corrected chi connectivity index (χ4v) is 5.15. The molecular weight excluding hydrogens is 310 g/mol. The molecule has 4 rings (SSSR count). The van der Waals surface area contributed by atoms with Crippen molar-refractivity contribution in [3.63, 3.8) is 0 Å². The van der Waals surface area contributed by atoms with Gasteiger partial charge >= 0.3 is 0 Å². The molecule has 25 heavy (non-hydrogen) atoms. The lowest BCUT2D eigenvalue weighted by atomic mass is 9.70. The Kier molecular flexibility index (Phi) is 4.77. The van der Waals surface area contributed by atoms with Crippen molar-refractivity contribution in [2.24, 2.45) is 0 Å². The number of ether oxygens (including phenoxy) is 2. The van der Waals surface area contributed by atoms with E-state index in [1.165, 1.54) is 63.5 Å². The van der Waals surface area contributed by atoms with Gasteiger partial charge in [0.15, 0.2) is 11.5 Å². The number of likely N-dealkylation sites (tertiary alicyclic amines) is 1. The van der Waals surface area contributed by atoms with Crippen LogP contribution in [-0.4, -0.2) is 37.7 Å². The van der Waals surface area contributed by atoms with Gasteiger partial charge in [0.1, 0.15) is 0 Å². The standard InChI is InChI=1S/C22H31NO2/c1-23-15-14-22(13-7-6-10-21(22)23)17-11-12-19(24-2)20(16-17)25-18-8-4-3-5-9-18/h7,11-13,16,18,21H,3-6,8-10,14-15H2,1-2H3/t21?,22-/m0/s1. The van der Waals surface area contributed by atoms with Crippen molar-refractivity contribution in [1.29, 1.82) is 0 Å². The van der Waals surface area contributed by atoms with E-state index in [-0.39, 0.29) is 5.41 Å². The zero-order chi connectivity index (χ0) is 17.3. The third-order valence-electron chi connectivity index (χ3n) is 6.57. The van der Waals surface area contributed by atoms with E-state index in [2.05, 4.69) is 42.3 Å². The van der Waals surface area contributed by atoms with Crippen LogP contribution in [0.5, 0.6) is 11.5 Å². The number of benzene rings is 1. The molecule has 3 nitrogen and oxygen atoms in total. The molecule has 1 aromatic rings. The summed E-state index contributed by atoms with van der Waals surface area (Å²) in [6, 6.07) is 7.25. The Morgan fingerprint density at radius 3 is 2.72 bits per heavy atom. The van der Waals surface area contributed by atoms with Gasteiger partial charge < -0.3 is 14.4 Å². The van der Waals surface area contributed by atoms with Crippen LogP contribution in [0.2, 0.25) is 0 Å². The van der Waals surface area contributed by atoms with Crippen molar-refractivity contribution in [3.05, 3.63) is 35.9 Å². The Bertz CT molecular complexity index is 635. The van der Waals surface area contributed by atoms with Gasteiger partial charge in [-0.25, -0.2) is 0 Å². The molecule has 1 saturated heterocycles. The van der Waals surface area contributed by atoms with E-state index < -0.39 is 0 Å². The van der Waals surface area contributed by atoms with Gasteiger partial charge in [0, 0.05) is 11.5 Å². The molecule has 2 atom stereocenters. The van der Waals surface area contributed by atoms with Gasteiger partial charge in [-0.2, -0.15) is 0 Å². The maximum atomic E-state index is 6.42. The van der Waals surface area contributed by atoms with E-state index in [0.29, 0.717) is 12.1 Å². The van der Waals surface area contributed by atoms with E-state index in [0.717, 1.165) is 11.5 Å². The highest BCUT2D eigenvalue weighted by molar-refractivity contribution is 5.48. The summed E-state index contributed by atoms with van der Waals surface area (Å²) >= 11 is 0. The van der Waals surface area contributed by atoms with Crippen LogP contribution in [0.15, 0.2) is 30.4 Å². The zero-order valence-electron chi connectivity index (χ0n) is 15.7. The first-order valence-electron chi connectivity index (χ1n) is 9.96. The average Bonchev–Trinajstić information content (AvgIpc) is 3.01. The number of hydrogen-bond acceptors (Lipinski definition) is 3. The van der Waals surface area contributed by atoms with E-state index in [1.54, 1.807) is 7.11 Å². The third kappa shape index (κ3) is 3.08. The molecule has 1 aromatic carbocycles. The summed E-state index contributed by atoms with van der Waals surface area (Å²) in [6.45, 7) is 1.17. The lowest BCUT2D eigenvalue weighted by Crippen LogP contribution is -2.41. The van der Waals surface area contributed by atoms with Gasteiger partial charge in [0.05, 0.1) is 13.2 Å². The molecule has 1 aliphatic heterocycles. The molecule has 0 N–H and O–H groups in total. The van der Waals surface area contributed by atoms with Gasteiger partial charge in [-0.3, -0.25) is 0 Å². The zero-order valence-corrected chi connectivity index (χ0v) is 15.7. The Morgan fingerprint density at radius 1 is 1.08 bits per heavy atom. The van der Waals surface area contributed by atoms with Crippen molar-refractivity contribution in [2.75, 3.05) is 20.7 Å². The van der Waals surface area contributed by atoms with Gasteiger partial charge in [0.2, 0.25) is 0 Å². The van der Waals surface area contributed by atoms with Crippen molar-refractivity contribution < 1.29 is 9.47 Å². The quantitative estimate of drug-likeness (QED) is 0.741. The van der Waals surface area contributed by atoms with Crippen LogP contribution in [0.1, 0.15) is 56.9 Å². The minimum Gasteiger partial charge on any atom is -0.493 e. The van der Waals surface area contributed by atoms with E-state index >= 15 is 0 Å². The molecule has 136 valence electrons. The Balaban J connectivity index is 1.67. The monoisotopic (exact) mass is 341 g/mol. The van der Waals surface area contributed by atoms with Crippen molar-refractivity contribution in [2.45, 2.75) is 68.9 Å². The fourth-order valence-electron chi connectivity index (χ4n) is 5.15. The smallest absolute Gasteiger partial charge is 0.161 e. The first kappa shape index (κ1) is 17.0. The van der Waals surface area contributed by atoms with Crippen LogP contribution in [0.4, 0.5) is 0 Å². The highest BCUT2D eigenvalue weighted by atomic mass is 16.5. The number of rotatable bonds is 4. The first-order chi connectivity index (χ1) is 12.2. The van der Waals surface area contributed by atoms with Crippen molar-refractivity contribution in [3.8, 4) is 11.5 Å². The molecule has 3 heteroatoms. The number of methoxy groups -OCH3 is 1. The van der Waals surface area contributed by atoms with Crippen LogP contribution >= 0.6 is 0 Å². The third-order valence-corrected chi connectivity index (χ3v) is 6.57. The van der Waals surface area contributed by atoms with Crippen molar-refractivity contribution >= 4 is 0 Å². The Hall–Kier alpha value is -1.48. The lowest BCUT2D eigenvalue weighted by molar-refractivity contribution is 0.149. The molecule has 0 radical (unpaired) electrons. The second-order valence-electron chi connectivity index (χ2n) is 8.01. The SMILES string of the molecule is COc1ccc([C@@]23C=CCCC2N(C)CC3)cc1OC1CCCCC1. The number of hydrogen-bond donors (Lipinski definition) is 0. The number of allylic oxidation sites excluding steroid dienone is 1. The summed E-state index contributed by atoms with van der Waals surface area (Å²) in [4.78, 5) is 2.54. The van der Waals surface area contributed by atoms with E-state index in [4.69, 9.17) is 9.47 Å². The normalized spacial score (nSPS) is 30.2. The molecule has 1 saturated carbocycles. The van der Waals surface area contributed by atoms with Gasteiger partial charge in [0.25, 0.3) is 0 Å². The molecular formula is C22H31NO2. The molecule has 0 bridgehead atoms. The molecule has 0 spiro atoms. The second-order valence-corrected chi connectivity index (χ2v) is 8.01. The Morgan fingerprint density at radius 2 is 1.92 bits per heavy atom. The maximum absolute atomic E-state index is 6.42. The minimum absolute atomic E-state index is 0.143. The summed E-state index contributed by atoms with van der Waals surface area (Å²) < 4.78 is 12.0. The summed E-state index contributed by atoms with van der Waals surface area (Å²) in [5.41, 5.74) is 1.54. The Labute approximate surface area is 152 Å². The molecule has 2 aliphatic carbocycles. The topological polar surface area (TPSA) is 21.7 Å². The molecule has 3 aliphatic rings. The van der Waals surface area contributed by atoms with Crippen LogP contribution in [0.25, 0.3) is 0 Å². The second kappa shape index (κ2) is 7.03. The molecule has 0 amide bonds. The predicted octanol–water partition coefficient (Wildman–Crippen LogP) is 4.70. The molecule has 0 aromatic heterocycles. The summed E-state index contributed by atoms with van der Waals surface area (Å²) in [7, 11) is 4.02. The number of nitrogens with zero attached hydrogens (tertiary/aromatic N) is 1. The van der Waals surface area contributed by atoms with Gasteiger partial charge in [-0.05, 0) is 76.2 Å². The summed E-state index contributed by atoms with van der Waals surface area (Å²) in [6.07, 6.45) is 15.1. The largest absolute Gasteiger partial charge is 0.493 e. The maximum Gasteiger partial charge on any atom is 0.161 e. The highest BCUT2D eigenvalue weighted by Crippen LogP contribution is 2.47.